The van der Waals surface area contributed by atoms with Crippen molar-refractivity contribution in [2.24, 2.45) is 13.0 Å². The van der Waals surface area contributed by atoms with Crippen LogP contribution in [0.5, 0.6) is 0 Å². The van der Waals surface area contributed by atoms with Crippen molar-refractivity contribution < 1.29 is 4.79 Å². The molecule has 5 heteroatoms. The molecule has 0 bridgehead atoms. The lowest BCUT2D eigenvalue weighted by Crippen LogP contribution is -2.39. The van der Waals surface area contributed by atoms with E-state index in [1.54, 1.807) is 4.68 Å². The predicted octanol–water partition coefficient (Wildman–Crippen LogP) is 0.665. The van der Waals surface area contributed by atoms with Gasteiger partial charge in [0, 0.05) is 13.2 Å². The smallest absolute Gasteiger partial charge is 0.241 e. The maximum absolute atomic E-state index is 12.0. The van der Waals surface area contributed by atoms with Crippen LogP contribution in [0.3, 0.4) is 0 Å². The first-order chi connectivity index (χ1) is 7.58. The summed E-state index contributed by atoms with van der Waals surface area (Å²) in [5.41, 5.74) is 1.65. The van der Waals surface area contributed by atoms with Crippen molar-refractivity contribution in [3.63, 3.8) is 0 Å². The number of aromatic nitrogens is 2. The number of aryl methyl sites for hydroxylation is 2. The third kappa shape index (κ3) is 2.09. The third-order valence-electron chi connectivity index (χ3n) is 3.09. The molecule has 0 radical (unpaired) electrons. The normalized spacial score (nSPS) is 24.7. The second-order valence-corrected chi connectivity index (χ2v) is 4.49. The van der Waals surface area contributed by atoms with E-state index >= 15 is 0 Å². The summed E-state index contributed by atoms with van der Waals surface area (Å²) >= 11 is 0. The quantitative estimate of drug-likeness (QED) is 0.773. The molecule has 1 saturated heterocycles. The fourth-order valence-electron chi connectivity index (χ4n) is 2.12. The number of amides is 1. The van der Waals surface area contributed by atoms with Crippen LogP contribution >= 0.6 is 0 Å². The van der Waals surface area contributed by atoms with Crippen molar-refractivity contribution in [2.45, 2.75) is 26.3 Å². The van der Waals surface area contributed by atoms with E-state index in [1.165, 1.54) is 0 Å². The van der Waals surface area contributed by atoms with Gasteiger partial charge in [-0.05, 0) is 25.8 Å². The Balaban J connectivity index is 2.04. The summed E-state index contributed by atoms with van der Waals surface area (Å²) in [5, 5.41) is 10.3. The first-order valence-corrected chi connectivity index (χ1v) is 5.62. The van der Waals surface area contributed by atoms with Crippen molar-refractivity contribution in [1.29, 1.82) is 0 Å². The molecule has 1 aromatic rings. The van der Waals surface area contributed by atoms with Crippen LogP contribution in [-0.2, 0) is 11.8 Å². The van der Waals surface area contributed by atoms with Gasteiger partial charge < -0.3 is 10.6 Å². The summed E-state index contributed by atoms with van der Waals surface area (Å²) < 4.78 is 1.70. The molecule has 16 heavy (non-hydrogen) atoms. The molecule has 1 amide bonds. The second kappa shape index (κ2) is 4.25. The van der Waals surface area contributed by atoms with E-state index in [9.17, 15) is 4.79 Å². The number of hydrogen-bond donors (Lipinski definition) is 2. The van der Waals surface area contributed by atoms with Gasteiger partial charge in [0.25, 0.3) is 0 Å². The molecule has 1 fully saturated rings. The Morgan fingerprint density at radius 3 is 2.94 bits per heavy atom. The summed E-state index contributed by atoms with van der Waals surface area (Å²) in [6, 6.07) is -0.0698. The van der Waals surface area contributed by atoms with Crippen LogP contribution in [-0.4, -0.2) is 28.3 Å². The number of rotatable bonds is 2. The minimum absolute atomic E-state index is 0.0427. The van der Waals surface area contributed by atoms with E-state index in [1.807, 2.05) is 20.2 Å². The highest BCUT2D eigenvalue weighted by molar-refractivity contribution is 5.95. The predicted molar refractivity (Wildman–Crippen MR) is 62.1 cm³/mol. The largest absolute Gasteiger partial charge is 0.322 e. The number of carbonyl (C=O) groups is 1. The Kier molecular flexibility index (Phi) is 2.96. The lowest BCUT2D eigenvalue weighted by molar-refractivity contribution is -0.118. The van der Waals surface area contributed by atoms with Crippen molar-refractivity contribution >= 4 is 11.6 Å². The van der Waals surface area contributed by atoms with E-state index in [-0.39, 0.29) is 11.9 Å². The Labute approximate surface area is 95.2 Å². The average Bonchev–Trinajstić information content (AvgIpc) is 2.74. The van der Waals surface area contributed by atoms with Crippen molar-refractivity contribution in [1.82, 2.24) is 15.1 Å². The number of carbonyl (C=O) groups excluding carboxylic acids is 1. The molecule has 2 unspecified atom stereocenters. The van der Waals surface area contributed by atoms with Crippen molar-refractivity contribution in [3.8, 4) is 0 Å². The molecule has 88 valence electrons. The third-order valence-corrected chi connectivity index (χ3v) is 3.09. The summed E-state index contributed by atoms with van der Waals surface area (Å²) in [7, 11) is 1.85. The van der Waals surface area contributed by atoms with Crippen LogP contribution in [0.25, 0.3) is 0 Å². The second-order valence-electron chi connectivity index (χ2n) is 4.49. The maximum atomic E-state index is 12.0. The fraction of sp³-hybridized carbons (Fsp3) is 0.636. The summed E-state index contributed by atoms with van der Waals surface area (Å²) in [6.45, 7) is 4.91. The van der Waals surface area contributed by atoms with Gasteiger partial charge in [0.05, 0.1) is 17.4 Å². The van der Waals surface area contributed by atoms with Gasteiger partial charge in [0.2, 0.25) is 5.91 Å². The van der Waals surface area contributed by atoms with Crippen LogP contribution in [0.2, 0.25) is 0 Å². The number of anilines is 1. The van der Waals surface area contributed by atoms with Crippen LogP contribution in [0.15, 0.2) is 6.20 Å². The molecule has 0 aromatic carbocycles. The van der Waals surface area contributed by atoms with Gasteiger partial charge >= 0.3 is 0 Å². The van der Waals surface area contributed by atoms with E-state index in [2.05, 4.69) is 22.7 Å². The first-order valence-electron chi connectivity index (χ1n) is 5.62. The first kappa shape index (κ1) is 11.1. The van der Waals surface area contributed by atoms with Gasteiger partial charge in [-0.1, -0.05) is 6.92 Å². The number of nitrogens with zero attached hydrogens (tertiary/aromatic N) is 2. The molecule has 1 aliphatic heterocycles. The fourth-order valence-corrected chi connectivity index (χ4v) is 2.12. The van der Waals surface area contributed by atoms with Crippen molar-refractivity contribution in [2.75, 3.05) is 11.9 Å². The molecule has 0 aliphatic carbocycles. The lowest BCUT2D eigenvalue weighted by Gasteiger charge is -2.14. The van der Waals surface area contributed by atoms with E-state index in [4.69, 9.17) is 0 Å². The van der Waals surface area contributed by atoms with Gasteiger partial charge in [-0.25, -0.2) is 0 Å². The SMILES string of the molecule is Cc1nn(C)cc1NC(=O)C1NCCC1C. The molecular weight excluding hydrogens is 204 g/mol. The van der Waals surface area contributed by atoms with E-state index in [0.29, 0.717) is 5.92 Å². The molecule has 2 rings (SSSR count). The minimum Gasteiger partial charge on any atom is -0.322 e. The summed E-state index contributed by atoms with van der Waals surface area (Å²) in [6.07, 6.45) is 2.89. The molecule has 1 aliphatic rings. The van der Waals surface area contributed by atoms with Crippen LogP contribution in [0.4, 0.5) is 5.69 Å². The highest BCUT2D eigenvalue weighted by Crippen LogP contribution is 2.17. The van der Waals surface area contributed by atoms with Gasteiger partial charge in [0.15, 0.2) is 0 Å². The Bertz CT molecular complexity index is 399. The molecule has 2 N–H and O–H groups in total. The van der Waals surface area contributed by atoms with Crippen LogP contribution in [0, 0.1) is 12.8 Å². The molecule has 2 heterocycles. The molecule has 1 aromatic heterocycles. The molecular formula is C11H18N4O. The Morgan fingerprint density at radius 2 is 2.44 bits per heavy atom. The molecule has 0 saturated carbocycles. The van der Waals surface area contributed by atoms with E-state index in [0.717, 1.165) is 24.3 Å². The zero-order valence-electron chi connectivity index (χ0n) is 9.95. The summed E-state index contributed by atoms with van der Waals surface area (Å²) in [5.74, 6) is 0.443. The van der Waals surface area contributed by atoms with Gasteiger partial charge in [-0.2, -0.15) is 5.10 Å². The average molecular weight is 222 g/mol. The topological polar surface area (TPSA) is 59.0 Å². The minimum atomic E-state index is -0.0698. The molecule has 2 atom stereocenters. The highest BCUT2D eigenvalue weighted by Gasteiger charge is 2.29. The van der Waals surface area contributed by atoms with Gasteiger partial charge in [-0.15, -0.1) is 0 Å². The zero-order chi connectivity index (χ0) is 11.7. The molecule has 5 nitrogen and oxygen atoms in total. The lowest BCUT2D eigenvalue weighted by atomic mass is 10.0. The Hall–Kier alpha value is -1.36. The number of nitrogens with one attached hydrogen (secondary N) is 2. The van der Waals surface area contributed by atoms with Gasteiger partial charge in [0.1, 0.15) is 0 Å². The molecule has 0 spiro atoms. The zero-order valence-corrected chi connectivity index (χ0v) is 9.95. The standard InChI is InChI=1S/C11H18N4O/c1-7-4-5-12-10(7)11(16)13-9-6-15(3)14-8(9)2/h6-7,10,12H,4-5H2,1-3H3,(H,13,16). The number of hydrogen-bond acceptors (Lipinski definition) is 3. The maximum Gasteiger partial charge on any atom is 0.241 e. The van der Waals surface area contributed by atoms with Crippen LogP contribution in [0.1, 0.15) is 19.0 Å². The van der Waals surface area contributed by atoms with Crippen LogP contribution < -0.4 is 10.6 Å². The van der Waals surface area contributed by atoms with Gasteiger partial charge in [-0.3, -0.25) is 9.48 Å². The monoisotopic (exact) mass is 222 g/mol. The summed E-state index contributed by atoms with van der Waals surface area (Å²) in [4.78, 5) is 12.0. The Morgan fingerprint density at radius 1 is 1.69 bits per heavy atom. The van der Waals surface area contributed by atoms with Crippen molar-refractivity contribution in [3.05, 3.63) is 11.9 Å². The van der Waals surface area contributed by atoms with E-state index < -0.39 is 0 Å². The highest BCUT2D eigenvalue weighted by atomic mass is 16.2.